The molecular weight excluding hydrogens is 244 g/mol. The van der Waals surface area contributed by atoms with Crippen molar-refractivity contribution in [3.8, 4) is 0 Å². The van der Waals surface area contributed by atoms with Crippen molar-refractivity contribution < 1.29 is 23.4 Å². The van der Waals surface area contributed by atoms with Gasteiger partial charge in [-0.15, -0.1) is 0 Å². The van der Waals surface area contributed by atoms with E-state index in [4.69, 9.17) is 9.84 Å². The van der Waals surface area contributed by atoms with Crippen molar-refractivity contribution in [2.24, 2.45) is 0 Å². The number of carbonyl (C=O) groups excluding carboxylic acids is 1. The topological polar surface area (TPSA) is 49.8 Å². The molecule has 1 N–H and O–H groups in total. The van der Waals surface area contributed by atoms with Gasteiger partial charge in [0.2, 0.25) is 0 Å². The van der Waals surface area contributed by atoms with Crippen LogP contribution in [0.2, 0.25) is 0 Å². The van der Waals surface area contributed by atoms with Gasteiger partial charge in [0.25, 0.3) is 5.91 Å². The Balaban J connectivity index is 2.30. The van der Waals surface area contributed by atoms with Gasteiger partial charge in [-0.05, 0) is 12.1 Å². The molecule has 1 aliphatic rings. The Kier molecular flexibility index (Phi) is 3.88. The third kappa shape index (κ3) is 2.34. The summed E-state index contributed by atoms with van der Waals surface area (Å²) in [6, 6.07) is 2.70. The summed E-state index contributed by atoms with van der Waals surface area (Å²) >= 11 is 0. The second-order valence-electron chi connectivity index (χ2n) is 4.01. The molecule has 98 valence electrons. The van der Waals surface area contributed by atoms with E-state index in [9.17, 15) is 13.6 Å². The maximum absolute atomic E-state index is 13.5. The average Bonchev–Trinajstić information content (AvgIpc) is 2.38. The smallest absolute Gasteiger partial charge is 0.260 e. The maximum Gasteiger partial charge on any atom is 0.260 e. The molecule has 1 aromatic carbocycles. The number of carbonyl (C=O) groups is 1. The Morgan fingerprint density at radius 1 is 1.44 bits per heavy atom. The summed E-state index contributed by atoms with van der Waals surface area (Å²) in [6.07, 6.45) is 0. The van der Waals surface area contributed by atoms with Crippen LogP contribution in [-0.2, 0) is 4.74 Å². The summed E-state index contributed by atoms with van der Waals surface area (Å²) in [7, 11) is 0. The number of rotatable bonds is 2. The van der Waals surface area contributed by atoms with Crippen LogP contribution in [0.3, 0.4) is 0 Å². The molecule has 6 heteroatoms. The van der Waals surface area contributed by atoms with Gasteiger partial charge in [-0.1, -0.05) is 6.07 Å². The second kappa shape index (κ2) is 5.41. The molecule has 18 heavy (non-hydrogen) atoms. The Hall–Kier alpha value is -1.53. The molecule has 1 amide bonds. The number of nitrogens with zero attached hydrogens (tertiary/aromatic N) is 1. The first-order valence-electron chi connectivity index (χ1n) is 5.58. The van der Waals surface area contributed by atoms with Crippen molar-refractivity contribution >= 4 is 5.91 Å². The van der Waals surface area contributed by atoms with Gasteiger partial charge in [0.1, 0.15) is 17.2 Å². The summed E-state index contributed by atoms with van der Waals surface area (Å²) in [5, 5.41) is 9.13. The summed E-state index contributed by atoms with van der Waals surface area (Å²) in [4.78, 5) is 13.3. The number of aliphatic hydroxyl groups is 1. The first-order valence-corrected chi connectivity index (χ1v) is 5.58. The molecule has 0 aromatic heterocycles. The molecule has 1 saturated heterocycles. The maximum atomic E-state index is 13.5. The number of benzene rings is 1. The normalized spacial score (nSPS) is 19.9. The van der Waals surface area contributed by atoms with E-state index in [1.807, 2.05) is 0 Å². The van der Waals surface area contributed by atoms with Crippen LogP contribution in [0.5, 0.6) is 0 Å². The zero-order valence-corrected chi connectivity index (χ0v) is 9.60. The molecule has 0 aliphatic carbocycles. The van der Waals surface area contributed by atoms with Crippen molar-refractivity contribution in [1.82, 2.24) is 4.90 Å². The molecule has 4 nitrogen and oxygen atoms in total. The monoisotopic (exact) mass is 257 g/mol. The van der Waals surface area contributed by atoms with Gasteiger partial charge in [0, 0.05) is 6.54 Å². The average molecular weight is 257 g/mol. The molecule has 1 atom stereocenters. The lowest BCUT2D eigenvalue weighted by atomic mass is 10.1. The summed E-state index contributed by atoms with van der Waals surface area (Å²) in [5.74, 6) is -2.56. The number of aliphatic hydroxyl groups excluding tert-OH is 1. The Morgan fingerprint density at radius 3 is 2.72 bits per heavy atom. The van der Waals surface area contributed by atoms with Gasteiger partial charge in [-0.25, -0.2) is 8.78 Å². The summed E-state index contributed by atoms with van der Waals surface area (Å²) in [6.45, 7) is 0.357. The number of amides is 1. The predicted molar refractivity (Wildman–Crippen MR) is 59.1 cm³/mol. The van der Waals surface area contributed by atoms with Crippen LogP contribution in [0.4, 0.5) is 8.78 Å². The number of halogens is 2. The number of ether oxygens (including phenoxy) is 1. The minimum absolute atomic E-state index is 0.165. The molecule has 2 rings (SSSR count). The molecule has 0 bridgehead atoms. The van der Waals surface area contributed by atoms with Crippen LogP contribution in [0.15, 0.2) is 18.2 Å². The minimum atomic E-state index is -0.900. The van der Waals surface area contributed by atoms with Gasteiger partial charge in [-0.2, -0.15) is 0 Å². The Labute approximate surface area is 103 Å². The Morgan fingerprint density at radius 2 is 2.11 bits per heavy atom. The van der Waals surface area contributed by atoms with Gasteiger partial charge < -0.3 is 14.7 Å². The van der Waals surface area contributed by atoms with Crippen LogP contribution in [0.1, 0.15) is 10.4 Å². The fraction of sp³-hybridized carbons (Fsp3) is 0.417. The highest BCUT2D eigenvalue weighted by atomic mass is 19.1. The van der Waals surface area contributed by atoms with Gasteiger partial charge >= 0.3 is 0 Å². The van der Waals surface area contributed by atoms with E-state index in [-0.39, 0.29) is 26.4 Å². The van der Waals surface area contributed by atoms with E-state index in [0.717, 1.165) is 12.1 Å². The minimum Gasteiger partial charge on any atom is -0.394 e. The van der Waals surface area contributed by atoms with Crippen LogP contribution >= 0.6 is 0 Å². The molecule has 0 radical (unpaired) electrons. The number of hydrogen-bond acceptors (Lipinski definition) is 3. The highest BCUT2D eigenvalue weighted by Crippen LogP contribution is 2.17. The zero-order chi connectivity index (χ0) is 13.1. The molecule has 1 unspecified atom stereocenters. The Bertz CT molecular complexity index is 433. The van der Waals surface area contributed by atoms with E-state index in [2.05, 4.69) is 0 Å². The fourth-order valence-electron chi connectivity index (χ4n) is 1.92. The summed E-state index contributed by atoms with van der Waals surface area (Å²) in [5.41, 5.74) is -0.585. The quantitative estimate of drug-likeness (QED) is 0.852. The predicted octanol–water partition coefficient (Wildman–Crippen LogP) is 0.798. The molecule has 1 aliphatic heterocycles. The molecular formula is C12H13F2NO3. The van der Waals surface area contributed by atoms with Crippen LogP contribution in [0.25, 0.3) is 0 Å². The third-order valence-electron chi connectivity index (χ3n) is 2.88. The zero-order valence-electron chi connectivity index (χ0n) is 9.60. The van der Waals surface area contributed by atoms with Gasteiger partial charge in [0.15, 0.2) is 0 Å². The van der Waals surface area contributed by atoms with Crippen LogP contribution in [0, 0.1) is 11.6 Å². The molecule has 0 saturated carbocycles. The van der Waals surface area contributed by atoms with Crippen molar-refractivity contribution in [3.63, 3.8) is 0 Å². The van der Waals surface area contributed by atoms with E-state index in [1.54, 1.807) is 0 Å². The number of morpholine rings is 1. The fourth-order valence-corrected chi connectivity index (χ4v) is 1.92. The molecule has 1 heterocycles. The molecule has 0 spiro atoms. The van der Waals surface area contributed by atoms with Crippen molar-refractivity contribution in [2.75, 3.05) is 26.4 Å². The third-order valence-corrected chi connectivity index (χ3v) is 2.88. The van der Waals surface area contributed by atoms with Crippen LogP contribution < -0.4 is 0 Å². The lowest BCUT2D eigenvalue weighted by Crippen LogP contribution is -2.50. The molecule has 1 aromatic rings. The summed E-state index contributed by atoms with van der Waals surface area (Å²) < 4.78 is 32.1. The van der Waals surface area contributed by atoms with E-state index < -0.39 is 29.1 Å². The van der Waals surface area contributed by atoms with Gasteiger partial charge in [0.05, 0.1) is 25.9 Å². The SMILES string of the molecule is O=C(c1c(F)cccc1F)N1CCOCC1CO. The van der Waals surface area contributed by atoms with E-state index in [0.29, 0.717) is 0 Å². The number of hydrogen-bond donors (Lipinski definition) is 1. The van der Waals surface area contributed by atoms with E-state index in [1.165, 1.54) is 11.0 Å². The lowest BCUT2D eigenvalue weighted by Gasteiger charge is -2.34. The van der Waals surface area contributed by atoms with Crippen molar-refractivity contribution in [3.05, 3.63) is 35.4 Å². The van der Waals surface area contributed by atoms with E-state index >= 15 is 0 Å². The second-order valence-corrected chi connectivity index (χ2v) is 4.01. The first-order chi connectivity index (χ1) is 8.65. The highest BCUT2D eigenvalue weighted by Gasteiger charge is 2.30. The van der Waals surface area contributed by atoms with Gasteiger partial charge in [-0.3, -0.25) is 4.79 Å². The standard InChI is InChI=1S/C12H13F2NO3/c13-9-2-1-3-10(14)11(9)12(17)15-4-5-18-7-8(15)6-16/h1-3,8,16H,4-7H2. The lowest BCUT2D eigenvalue weighted by molar-refractivity contribution is -0.0188. The highest BCUT2D eigenvalue weighted by molar-refractivity contribution is 5.95. The largest absolute Gasteiger partial charge is 0.394 e. The molecule has 1 fully saturated rings. The van der Waals surface area contributed by atoms with Crippen molar-refractivity contribution in [2.45, 2.75) is 6.04 Å². The first kappa shape index (κ1) is 12.9. The van der Waals surface area contributed by atoms with Crippen molar-refractivity contribution in [1.29, 1.82) is 0 Å². The van der Waals surface area contributed by atoms with Crippen LogP contribution in [-0.4, -0.2) is 48.3 Å².